The summed E-state index contributed by atoms with van der Waals surface area (Å²) in [4.78, 5) is 0. The molecule has 10 heteroatoms. The van der Waals surface area contributed by atoms with Crippen LogP contribution in [0.25, 0.3) is 17.1 Å². The van der Waals surface area contributed by atoms with Crippen LogP contribution in [0.3, 0.4) is 0 Å². The van der Waals surface area contributed by atoms with E-state index in [9.17, 15) is 0 Å². The third-order valence-corrected chi connectivity index (χ3v) is 6.26. The zero-order chi connectivity index (χ0) is 20.2. The van der Waals surface area contributed by atoms with Crippen molar-refractivity contribution in [3.63, 3.8) is 0 Å². The van der Waals surface area contributed by atoms with E-state index in [4.69, 9.17) is 27.9 Å². The van der Waals surface area contributed by atoms with Gasteiger partial charge in [0, 0.05) is 28.5 Å². The van der Waals surface area contributed by atoms with Crippen LogP contribution >= 0.6 is 46.5 Å². The second-order valence-corrected chi connectivity index (χ2v) is 8.54. The molecule has 4 aromatic rings. The number of rotatable bonds is 7. The van der Waals surface area contributed by atoms with Gasteiger partial charge in [-0.1, -0.05) is 51.6 Å². The van der Waals surface area contributed by atoms with Crippen molar-refractivity contribution in [3.05, 3.63) is 63.6 Å². The Hall–Kier alpha value is -2.13. The summed E-state index contributed by atoms with van der Waals surface area (Å²) in [5.74, 6) is 2.00. The van der Waals surface area contributed by atoms with Crippen LogP contribution in [-0.4, -0.2) is 31.0 Å². The van der Waals surface area contributed by atoms with Gasteiger partial charge in [0.2, 0.25) is 0 Å². The smallest absolute Gasteiger partial charge is 0.196 e. The van der Waals surface area contributed by atoms with Crippen molar-refractivity contribution >= 4 is 46.5 Å². The normalized spacial score (nSPS) is 11.0. The first-order chi connectivity index (χ1) is 14.2. The summed E-state index contributed by atoms with van der Waals surface area (Å²) in [6.45, 7) is 2.57. The molecule has 29 heavy (non-hydrogen) atoms. The Kier molecular flexibility index (Phi) is 6.34. The Morgan fingerprint density at radius 3 is 2.52 bits per heavy atom. The van der Waals surface area contributed by atoms with E-state index in [1.54, 1.807) is 0 Å². The average Bonchev–Trinajstić information content (AvgIpc) is 3.33. The fourth-order valence-corrected chi connectivity index (χ4v) is 4.59. The lowest BCUT2D eigenvalue weighted by molar-refractivity contribution is 0.340. The van der Waals surface area contributed by atoms with Crippen LogP contribution in [0.5, 0.6) is 5.75 Å². The standard InChI is InChI=1S/C19H15Cl2N5OS2/c1-2-27-13-9-7-12(8-10-13)26-18(14-5-3-4-6-15(14)20)23-24-19(26)28-11-16-17(21)29-25-22-16/h3-10H,2,11H2,1H3. The monoisotopic (exact) mass is 463 g/mol. The van der Waals surface area contributed by atoms with Crippen molar-refractivity contribution in [1.82, 2.24) is 24.4 Å². The number of hydrogen-bond acceptors (Lipinski definition) is 7. The molecule has 0 aliphatic carbocycles. The Labute approximate surface area is 186 Å². The van der Waals surface area contributed by atoms with Gasteiger partial charge < -0.3 is 4.74 Å². The molecule has 0 saturated carbocycles. The van der Waals surface area contributed by atoms with Crippen LogP contribution in [0.15, 0.2) is 53.7 Å². The fourth-order valence-electron chi connectivity index (χ4n) is 2.69. The molecule has 0 amide bonds. The minimum absolute atomic E-state index is 0.535. The van der Waals surface area contributed by atoms with Crippen LogP contribution in [-0.2, 0) is 5.75 Å². The number of ether oxygens (including phenoxy) is 1. The zero-order valence-electron chi connectivity index (χ0n) is 15.2. The van der Waals surface area contributed by atoms with E-state index >= 15 is 0 Å². The van der Waals surface area contributed by atoms with Crippen LogP contribution < -0.4 is 4.74 Å². The number of nitrogens with zero attached hydrogens (tertiary/aromatic N) is 5. The topological polar surface area (TPSA) is 65.7 Å². The number of hydrogen-bond donors (Lipinski definition) is 0. The van der Waals surface area contributed by atoms with Gasteiger partial charge >= 0.3 is 0 Å². The van der Waals surface area contributed by atoms with Gasteiger partial charge in [-0.05, 0) is 43.3 Å². The molecule has 0 bridgehead atoms. The molecule has 0 aliphatic heterocycles. The first kappa shape index (κ1) is 20.2. The quantitative estimate of drug-likeness (QED) is 0.323. The molecule has 148 valence electrons. The van der Waals surface area contributed by atoms with Crippen molar-refractivity contribution in [2.75, 3.05) is 6.61 Å². The van der Waals surface area contributed by atoms with Crippen LogP contribution in [0.4, 0.5) is 0 Å². The third kappa shape index (κ3) is 4.40. The summed E-state index contributed by atoms with van der Waals surface area (Å²) in [6.07, 6.45) is 0. The van der Waals surface area contributed by atoms with Gasteiger partial charge in [0.05, 0.1) is 11.6 Å². The molecule has 2 heterocycles. The summed E-state index contributed by atoms with van der Waals surface area (Å²) in [5, 5.41) is 14.2. The van der Waals surface area contributed by atoms with Crippen molar-refractivity contribution in [2.24, 2.45) is 0 Å². The van der Waals surface area contributed by atoms with E-state index in [1.165, 1.54) is 23.3 Å². The molecule has 6 nitrogen and oxygen atoms in total. The number of aromatic nitrogens is 5. The highest BCUT2D eigenvalue weighted by molar-refractivity contribution is 7.98. The van der Waals surface area contributed by atoms with Crippen LogP contribution in [0, 0.1) is 0 Å². The van der Waals surface area contributed by atoms with Crippen LogP contribution in [0.1, 0.15) is 12.6 Å². The lowest BCUT2D eigenvalue weighted by atomic mass is 10.2. The Balaban J connectivity index is 1.75. The second kappa shape index (κ2) is 9.13. The Bertz CT molecular complexity index is 1110. The molecule has 0 fully saturated rings. The van der Waals surface area contributed by atoms with Gasteiger partial charge in [-0.25, -0.2) is 0 Å². The minimum Gasteiger partial charge on any atom is -0.494 e. The van der Waals surface area contributed by atoms with Gasteiger partial charge in [0.15, 0.2) is 11.0 Å². The predicted molar refractivity (Wildman–Crippen MR) is 117 cm³/mol. The largest absolute Gasteiger partial charge is 0.494 e. The van der Waals surface area contributed by atoms with E-state index in [0.717, 1.165) is 22.7 Å². The van der Waals surface area contributed by atoms with Gasteiger partial charge in [-0.3, -0.25) is 4.57 Å². The molecule has 0 unspecified atom stereocenters. The molecule has 2 aromatic carbocycles. The molecule has 0 saturated heterocycles. The second-order valence-electron chi connectivity index (χ2n) is 5.83. The average molecular weight is 464 g/mol. The van der Waals surface area contributed by atoms with E-state index < -0.39 is 0 Å². The molecule has 0 atom stereocenters. The molecular formula is C19H15Cl2N5OS2. The van der Waals surface area contributed by atoms with Gasteiger partial charge in [0.25, 0.3) is 0 Å². The first-order valence-corrected chi connectivity index (χ1v) is 11.2. The Morgan fingerprint density at radius 1 is 1.03 bits per heavy atom. The lowest BCUT2D eigenvalue weighted by Gasteiger charge is -2.12. The van der Waals surface area contributed by atoms with Crippen LogP contribution in [0.2, 0.25) is 9.36 Å². The molecule has 2 aromatic heterocycles. The summed E-state index contributed by atoms with van der Waals surface area (Å²) in [5.41, 5.74) is 2.43. The van der Waals surface area contributed by atoms with Crippen molar-refractivity contribution < 1.29 is 4.74 Å². The lowest BCUT2D eigenvalue weighted by Crippen LogP contribution is -2.01. The first-order valence-electron chi connectivity index (χ1n) is 8.70. The SMILES string of the molecule is CCOc1ccc(-n2c(SCc3nnsc3Cl)nnc2-c2ccccc2Cl)cc1. The molecule has 0 N–H and O–H groups in total. The van der Waals surface area contributed by atoms with Crippen molar-refractivity contribution in [3.8, 4) is 22.8 Å². The fraction of sp³-hybridized carbons (Fsp3) is 0.158. The molecule has 4 rings (SSSR count). The molecule has 0 aliphatic rings. The highest BCUT2D eigenvalue weighted by atomic mass is 35.5. The maximum absolute atomic E-state index is 6.43. The third-order valence-electron chi connectivity index (χ3n) is 4.00. The summed E-state index contributed by atoms with van der Waals surface area (Å²) in [7, 11) is 0. The van der Waals surface area contributed by atoms with E-state index in [-0.39, 0.29) is 0 Å². The zero-order valence-corrected chi connectivity index (χ0v) is 18.4. The van der Waals surface area contributed by atoms with E-state index in [2.05, 4.69) is 19.8 Å². The predicted octanol–water partition coefficient (Wildman–Crippen LogP) is 5.78. The summed E-state index contributed by atoms with van der Waals surface area (Å²) >= 11 is 15.2. The summed E-state index contributed by atoms with van der Waals surface area (Å²) < 4.78 is 12.0. The molecular weight excluding hydrogens is 449 g/mol. The van der Waals surface area contributed by atoms with Gasteiger partial charge in [-0.2, -0.15) is 0 Å². The minimum atomic E-state index is 0.535. The maximum atomic E-state index is 6.43. The highest BCUT2D eigenvalue weighted by Gasteiger charge is 2.19. The van der Waals surface area contributed by atoms with E-state index in [0.29, 0.717) is 32.7 Å². The maximum Gasteiger partial charge on any atom is 0.196 e. The van der Waals surface area contributed by atoms with Gasteiger partial charge in [0.1, 0.15) is 15.8 Å². The number of halogens is 2. The highest BCUT2D eigenvalue weighted by Crippen LogP contribution is 2.34. The number of benzene rings is 2. The summed E-state index contributed by atoms with van der Waals surface area (Å²) in [6, 6.07) is 15.3. The molecule has 0 spiro atoms. The number of thioether (sulfide) groups is 1. The van der Waals surface area contributed by atoms with Crippen molar-refractivity contribution in [1.29, 1.82) is 0 Å². The van der Waals surface area contributed by atoms with Crippen molar-refractivity contribution in [2.45, 2.75) is 17.8 Å². The van der Waals surface area contributed by atoms with Gasteiger partial charge in [-0.15, -0.1) is 15.3 Å². The van der Waals surface area contributed by atoms with E-state index in [1.807, 2.05) is 60.0 Å². The Morgan fingerprint density at radius 2 is 1.83 bits per heavy atom. The molecule has 0 radical (unpaired) electrons.